The van der Waals surface area contributed by atoms with Crippen molar-refractivity contribution in [2.75, 3.05) is 20.2 Å². The summed E-state index contributed by atoms with van der Waals surface area (Å²) in [4.78, 5) is 14.6. The number of amides is 1. The lowest BCUT2D eigenvalue weighted by Crippen LogP contribution is -2.42. The van der Waals surface area contributed by atoms with Crippen LogP contribution in [0.15, 0.2) is 30.3 Å². The summed E-state index contributed by atoms with van der Waals surface area (Å²) in [6, 6.07) is 9.48. The smallest absolute Gasteiger partial charge is 0.271 e. The summed E-state index contributed by atoms with van der Waals surface area (Å²) in [5.74, 6) is 1.86. The van der Waals surface area contributed by atoms with Gasteiger partial charge in [0.25, 0.3) is 5.91 Å². The molecule has 1 amide bonds. The average Bonchev–Trinajstić information content (AvgIpc) is 3.03. The zero-order chi connectivity index (χ0) is 16.4. The summed E-state index contributed by atoms with van der Waals surface area (Å²) in [5.41, 5.74) is 2.14. The number of piperidine rings is 1. The van der Waals surface area contributed by atoms with E-state index in [1.165, 1.54) is 6.42 Å². The zero-order valence-corrected chi connectivity index (χ0v) is 13.9. The average molecular weight is 313 g/mol. The predicted octanol–water partition coefficient (Wildman–Crippen LogP) is 3.20. The van der Waals surface area contributed by atoms with Gasteiger partial charge in [-0.05, 0) is 36.5 Å². The number of hydrogen-bond donors (Lipinski definition) is 1. The quantitative estimate of drug-likeness (QED) is 0.946. The van der Waals surface area contributed by atoms with Crippen LogP contribution in [0.3, 0.4) is 0 Å². The minimum absolute atomic E-state index is 0.0250. The topological polar surface area (TPSA) is 58.2 Å². The fraction of sp³-hybridized carbons (Fsp3) is 0.444. The molecule has 0 aliphatic carbocycles. The first kappa shape index (κ1) is 15.6. The molecule has 1 aliphatic rings. The van der Waals surface area contributed by atoms with Gasteiger partial charge in [-0.25, -0.2) is 0 Å². The van der Waals surface area contributed by atoms with Crippen LogP contribution < -0.4 is 4.74 Å². The maximum Gasteiger partial charge on any atom is 0.271 e. The fourth-order valence-corrected chi connectivity index (χ4v) is 3.42. The number of hydrogen-bond acceptors (Lipinski definition) is 3. The van der Waals surface area contributed by atoms with Gasteiger partial charge in [-0.1, -0.05) is 26.0 Å². The first-order valence-electron chi connectivity index (χ1n) is 8.06. The van der Waals surface area contributed by atoms with Gasteiger partial charge in [0, 0.05) is 18.7 Å². The van der Waals surface area contributed by atoms with Crippen molar-refractivity contribution in [3.63, 3.8) is 0 Å². The lowest BCUT2D eigenvalue weighted by molar-refractivity contribution is 0.0617. The Morgan fingerprint density at radius 1 is 1.26 bits per heavy atom. The van der Waals surface area contributed by atoms with Gasteiger partial charge >= 0.3 is 0 Å². The van der Waals surface area contributed by atoms with E-state index < -0.39 is 0 Å². The van der Waals surface area contributed by atoms with Crippen LogP contribution in [-0.4, -0.2) is 41.2 Å². The van der Waals surface area contributed by atoms with E-state index in [0.29, 0.717) is 17.5 Å². The summed E-state index contributed by atoms with van der Waals surface area (Å²) in [7, 11) is 1.63. The van der Waals surface area contributed by atoms with Gasteiger partial charge < -0.3 is 9.64 Å². The highest BCUT2D eigenvalue weighted by atomic mass is 16.5. The van der Waals surface area contributed by atoms with Crippen molar-refractivity contribution in [2.24, 2.45) is 11.8 Å². The SMILES string of the molecule is COc1ccccc1-c1cc(C(=O)N2C[C@H](C)C[C@@H](C)C2)[nH]n1. The van der Waals surface area contributed by atoms with E-state index in [2.05, 4.69) is 24.0 Å². The zero-order valence-electron chi connectivity index (χ0n) is 13.9. The highest BCUT2D eigenvalue weighted by Crippen LogP contribution is 2.29. The van der Waals surface area contributed by atoms with Crippen LogP contribution in [0.1, 0.15) is 30.8 Å². The molecule has 1 aliphatic heterocycles. The molecule has 0 spiro atoms. The van der Waals surface area contributed by atoms with Crippen molar-refractivity contribution in [1.29, 1.82) is 0 Å². The molecule has 0 bridgehead atoms. The molecule has 0 unspecified atom stereocenters. The number of nitrogens with one attached hydrogen (secondary N) is 1. The van der Waals surface area contributed by atoms with Crippen molar-refractivity contribution in [3.8, 4) is 17.0 Å². The molecule has 1 N–H and O–H groups in total. The number of para-hydroxylation sites is 1. The number of likely N-dealkylation sites (tertiary alicyclic amines) is 1. The molecule has 0 radical (unpaired) electrons. The van der Waals surface area contributed by atoms with Crippen molar-refractivity contribution < 1.29 is 9.53 Å². The van der Waals surface area contributed by atoms with Gasteiger partial charge in [0.2, 0.25) is 0 Å². The molecule has 122 valence electrons. The third-order valence-electron chi connectivity index (χ3n) is 4.35. The molecular weight excluding hydrogens is 290 g/mol. The Hall–Kier alpha value is -2.30. The van der Waals surface area contributed by atoms with Crippen LogP contribution in [0.4, 0.5) is 0 Å². The Bertz CT molecular complexity index is 685. The minimum Gasteiger partial charge on any atom is -0.496 e. The van der Waals surface area contributed by atoms with Gasteiger partial charge in [0.15, 0.2) is 0 Å². The van der Waals surface area contributed by atoms with Gasteiger partial charge in [-0.15, -0.1) is 0 Å². The van der Waals surface area contributed by atoms with Crippen molar-refractivity contribution >= 4 is 5.91 Å². The number of ether oxygens (including phenoxy) is 1. The molecule has 23 heavy (non-hydrogen) atoms. The summed E-state index contributed by atoms with van der Waals surface area (Å²) in [6.45, 7) is 6.02. The summed E-state index contributed by atoms with van der Waals surface area (Å²) >= 11 is 0. The summed E-state index contributed by atoms with van der Waals surface area (Å²) in [5, 5.41) is 7.18. The highest BCUT2D eigenvalue weighted by Gasteiger charge is 2.27. The maximum absolute atomic E-state index is 12.7. The number of aromatic amines is 1. The number of methoxy groups -OCH3 is 1. The first-order chi connectivity index (χ1) is 11.1. The van der Waals surface area contributed by atoms with Crippen LogP contribution in [0.5, 0.6) is 5.75 Å². The molecule has 2 heterocycles. The molecule has 2 aromatic rings. The van der Waals surface area contributed by atoms with Crippen LogP contribution in [0, 0.1) is 11.8 Å². The summed E-state index contributed by atoms with van der Waals surface area (Å²) < 4.78 is 5.36. The van der Waals surface area contributed by atoms with E-state index in [1.54, 1.807) is 7.11 Å². The number of carbonyl (C=O) groups excluding carboxylic acids is 1. The van der Waals surface area contributed by atoms with E-state index >= 15 is 0 Å². The molecule has 5 nitrogen and oxygen atoms in total. The lowest BCUT2D eigenvalue weighted by Gasteiger charge is -2.34. The minimum atomic E-state index is 0.0250. The van der Waals surface area contributed by atoms with Crippen LogP contribution >= 0.6 is 0 Å². The van der Waals surface area contributed by atoms with E-state index in [0.717, 1.165) is 30.1 Å². The Kier molecular flexibility index (Phi) is 4.37. The molecule has 1 saturated heterocycles. The highest BCUT2D eigenvalue weighted by molar-refractivity contribution is 5.93. The van der Waals surface area contributed by atoms with Crippen molar-refractivity contribution in [1.82, 2.24) is 15.1 Å². The van der Waals surface area contributed by atoms with Crippen LogP contribution in [-0.2, 0) is 0 Å². The molecule has 1 fully saturated rings. The van der Waals surface area contributed by atoms with E-state index in [-0.39, 0.29) is 5.91 Å². The molecule has 1 aromatic carbocycles. The van der Waals surface area contributed by atoms with Gasteiger partial charge in [0.05, 0.1) is 12.8 Å². The maximum atomic E-state index is 12.7. The third-order valence-corrected chi connectivity index (χ3v) is 4.35. The predicted molar refractivity (Wildman–Crippen MR) is 89.4 cm³/mol. The summed E-state index contributed by atoms with van der Waals surface area (Å²) in [6.07, 6.45) is 1.18. The van der Waals surface area contributed by atoms with E-state index in [9.17, 15) is 4.79 Å². The number of aromatic nitrogens is 2. The number of rotatable bonds is 3. The first-order valence-corrected chi connectivity index (χ1v) is 8.06. The number of benzene rings is 1. The van der Waals surface area contributed by atoms with Gasteiger partial charge in [0.1, 0.15) is 11.4 Å². The van der Waals surface area contributed by atoms with Crippen LogP contribution in [0.2, 0.25) is 0 Å². The van der Waals surface area contributed by atoms with Crippen molar-refractivity contribution in [3.05, 3.63) is 36.0 Å². The Labute approximate surface area is 136 Å². The lowest BCUT2D eigenvalue weighted by atomic mass is 9.92. The van der Waals surface area contributed by atoms with Gasteiger partial charge in [-0.3, -0.25) is 9.89 Å². The molecule has 5 heteroatoms. The molecule has 2 atom stereocenters. The second kappa shape index (κ2) is 6.44. The molecule has 1 aromatic heterocycles. The third kappa shape index (κ3) is 3.23. The molecule has 0 saturated carbocycles. The fourth-order valence-electron chi connectivity index (χ4n) is 3.42. The van der Waals surface area contributed by atoms with Crippen LogP contribution in [0.25, 0.3) is 11.3 Å². The van der Waals surface area contributed by atoms with E-state index in [1.807, 2.05) is 35.2 Å². The van der Waals surface area contributed by atoms with E-state index in [4.69, 9.17) is 4.74 Å². The van der Waals surface area contributed by atoms with Crippen molar-refractivity contribution in [2.45, 2.75) is 20.3 Å². The second-order valence-corrected chi connectivity index (χ2v) is 6.52. The normalized spacial score (nSPS) is 21.3. The Morgan fingerprint density at radius 2 is 1.96 bits per heavy atom. The standard InChI is InChI=1S/C18H23N3O2/c1-12-8-13(2)11-21(10-12)18(22)16-9-15(19-20-16)14-6-4-5-7-17(14)23-3/h4-7,9,12-13H,8,10-11H2,1-3H3,(H,19,20)/t12-,13-/m1/s1. The number of H-pyrrole nitrogens is 1. The molecule has 3 rings (SSSR count). The molecular formula is C18H23N3O2. The Morgan fingerprint density at radius 3 is 2.65 bits per heavy atom. The second-order valence-electron chi connectivity index (χ2n) is 6.52. The largest absolute Gasteiger partial charge is 0.496 e. The van der Waals surface area contributed by atoms with Gasteiger partial charge in [-0.2, -0.15) is 5.10 Å². The number of nitrogens with zero attached hydrogens (tertiary/aromatic N) is 2. The monoisotopic (exact) mass is 313 g/mol. The number of carbonyl (C=O) groups is 1. The Balaban J connectivity index is 1.83.